The number of hydrogen-bond donors (Lipinski definition) is 2. The SMILES string of the molecule is CC(O)CNC(=O)c1cccc(C(=O)N(C)c2ccccc2)c1. The average Bonchev–Trinajstić information content (AvgIpc) is 2.59. The fourth-order valence-electron chi connectivity index (χ4n) is 2.10. The Bertz CT molecular complexity index is 684. The topological polar surface area (TPSA) is 69.6 Å². The summed E-state index contributed by atoms with van der Waals surface area (Å²) < 4.78 is 0. The van der Waals surface area contributed by atoms with Gasteiger partial charge in [-0.15, -0.1) is 0 Å². The van der Waals surface area contributed by atoms with E-state index in [2.05, 4.69) is 5.32 Å². The van der Waals surface area contributed by atoms with E-state index in [0.29, 0.717) is 11.1 Å². The predicted octanol–water partition coefficient (Wildman–Crippen LogP) is 2.07. The molecule has 2 rings (SSSR count). The summed E-state index contributed by atoms with van der Waals surface area (Å²) in [6, 6.07) is 15.8. The molecule has 1 unspecified atom stereocenters. The van der Waals surface area contributed by atoms with Gasteiger partial charge in [0, 0.05) is 30.4 Å². The molecular formula is C18H20N2O3. The molecule has 0 aromatic heterocycles. The van der Waals surface area contributed by atoms with Gasteiger partial charge in [0.1, 0.15) is 0 Å². The fourth-order valence-corrected chi connectivity index (χ4v) is 2.10. The van der Waals surface area contributed by atoms with Crippen LogP contribution in [-0.2, 0) is 0 Å². The number of para-hydroxylation sites is 1. The lowest BCUT2D eigenvalue weighted by Crippen LogP contribution is -2.31. The molecule has 0 aliphatic rings. The summed E-state index contributed by atoms with van der Waals surface area (Å²) in [7, 11) is 1.69. The zero-order valence-electron chi connectivity index (χ0n) is 13.2. The lowest BCUT2D eigenvalue weighted by molar-refractivity contribution is 0.0924. The molecule has 0 fully saturated rings. The molecule has 5 nitrogen and oxygen atoms in total. The Kier molecular flexibility index (Phi) is 5.49. The van der Waals surface area contributed by atoms with Crippen LogP contribution in [0.3, 0.4) is 0 Å². The monoisotopic (exact) mass is 312 g/mol. The van der Waals surface area contributed by atoms with Gasteiger partial charge in [-0.25, -0.2) is 0 Å². The van der Waals surface area contributed by atoms with Gasteiger partial charge >= 0.3 is 0 Å². The van der Waals surface area contributed by atoms with E-state index in [1.165, 1.54) is 4.90 Å². The number of nitrogens with zero attached hydrogens (tertiary/aromatic N) is 1. The van der Waals surface area contributed by atoms with E-state index in [4.69, 9.17) is 0 Å². The molecule has 0 saturated heterocycles. The molecule has 120 valence electrons. The zero-order valence-corrected chi connectivity index (χ0v) is 13.2. The number of rotatable bonds is 5. The molecule has 2 aromatic carbocycles. The molecule has 0 heterocycles. The van der Waals surface area contributed by atoms with Crippen molar-refractivity contribution in [2.75, 3.05) is 18.5 Å². The maximum Gasteiger partial charge on any atom is 0.258 e. The van der Waals surface area contributed by atoms with Gasteiger partial charge in [-0.3, -0.25) is 9.59 Å². The summed E-state index contributed by atoms with van der Waals surface area (Å²) in [6.07, 6.45) is -0.618. The number of aliphatic hydroxyl groups excluding tert-OH is 1. The van der Waals surface area contributed by atoms with E-state index in [9.17, 15) is 14.7 Å². The molecule has 0 bridgehead atoms. The summed E-state index contributed by atoms with van der Waals surface area (Å²) in [5.74, 6) is -0.510. The smallest absolute Gasteiger partial charge is 0.258 e. The van der Waals surface area contributed by atoms with Crippen molar-refractivity contribution in [2.24, 2.45) is 0 Å². The van der Waals surface area contributed by atoms with Crippen LogP contribution in [-0.4, -0.2) is 36.6 Å². The number of amides is 2. The third-order valence-electron chi connectivity index (χ3n) is 3.38. The molecule has 0 aliphatic carbocycles. The molecular weight excluding hydrogens is 292 g/mol. The van der Waals surface area contributed by atoms with E-state index >= 15 is 0 Å². The third-order valence-corrected chi connectivity index (χ3v) is 3.38. The second-order valence-corrected chi connectivity index (χ2v) is 5.34. The summed E-state index contributed by atoms with van der Waals surface area (Å²) >= 11 is 0. The Morgan fingerprint density at radius 3 is 2.39 bits per heavy atom. The first-order valence-electron chi connectivity index (χ1n) is 7.38. The minimum atomic E-state index is -0.618. The highest BCUT2D eigenvalue weighted by atomic mass is 16.3. The highest BCUT2D eigenvalue weighted by Crippen LogP contribution is 2.15. The van der Waals surface area contributed by atoms with Crippen LogP contribution < -0.4 is 10.2 Å². The standard InChI is InChI=1S/C18H20N2O3/c1-13(21)12-19-17(22)14-7-6-8-15(11-14)18(23)20(2)16-9-4-3-5-10-16/h3-11,13,21H,12H2,1-2H3,(H,19,22). The molecule has 5 heteroatoms. The molecule has 0 spiro atoms. The highest BCUT2D eigenvalue weighted by molar-refractivity contribution is 6.07. The van der Waals surface area contributed by atoms with Crippen molar-refractivity contribution >= 4 is 17.5 Å². The van der Waals surface area contributed by atoms with Crippen molar-refractivity contribution in [1.82, 2.24) is 5.32 Å². The van der Waals surface area contributed by atoms with Crippen LogP contribution in [0.15, 0.2) is 54.6 Å². The van der Waals surface area contributed by atoms with Gasteiger partial charge in [0.05, 0.1) is 6.10 Å². The van der Waals surface area contributed by atoms with Gasteiger partial charge in [0.25, 0.3) is 11.8 Å². The summed E-state index contributed by atoms with van der Waals surface area (Å²) in [4.78, 5) is 26.1. The Hall–Kier alpha value is -2.66. The number of aliphatic hydroxyl groups is 1. The van der Waals surface area contributed by atoms with E-state index < -0.39 is 6.10 Å². The first-order valence-corrected chi connectivity index (χ1v) is 7.38. The molecule has 1 atom stereocenters. The minimum Gasteiger partial charge on any atom is -0.392 e. The summed E-state index contributed by atoms with van der Waals surface area (Å²) in [6.45, 7) is 1.76. The van der Waals surface area contributed by atoms with E-state index in [0.717, 1.165) is 5.69 Å². The zero-order chi connectivity index (χ0) is 16.8. The van der Waals surface area contributed by atoms with Gasteiger partial charge in [-0.05, 0) is 37.3 Å². The minimum absolute atomic E-state index is 0.168. The number of carbonyl (C=O) groups excluding carboxylic acids is 2. The van der Waals surface area contributed by atoms with Crippen molar-refractivity contribution in [1.29, 1.82) is 0 Å². The Balaban J connectivity index is 2.16. The van der Waals surface area contributed by atoms with Gasteiger partial charge in [0.2, 0.25) is 0 Å². The third kappa shape index (κ3) is 4.40. The van der Waals surface area contributed by atoms with Crippen molar-refractivity contribution in [3.63, 3.8) is 0 Å². The average molecular weight is 312 g/mol. The lowest BCUT2D eigenvalue weighted by atomic mass is 10.1. The van der Waals surface area contributed by atoms with Crippen LogP contribution in [0.4, 0.5) is 5.69 Å². The predicted molar refractivity (Wildman–Crippen MR) is 89.6 cm³/mol. The molecule has 0 radical (unpaired) electrons. The number of carbonyl (C=O) groups is 2. The van der Waals surface area contributed by atoms with Crippen molar-refractivity contribution in [3.05, 3.63) is 65.7 Å². The first kappa shape index (κ1) is 16.7. The van der Waals surface area contributed by atoms with Crippen LogP contribution in [0.1, 0.15) is 27.6 Å². The molecule has 23 heavy (non-hydrogen) atoms. The number of hydrogen-bond acceptors (Lipinski definition) is 3. The Morgan fingerprint density at radius 1 is 1.09 bits per heavy atom. The van der Waals surface area contributed by atoms with Crippen molar-refractivity contribution < 1.29 is 14.7 Å². The second-order valence-electron chi connectivity index (χ2n) is 5.34. The van der Waals surface area contributed by atoms with Crippen LogP contribution in [0.5, 0.6) is 0 Å². The molecule has 0 saturated carbocycles. The normalized spacial score (nSPS) is 11.6. The van der Waals surface area contributed by atoms with E-state index in [1.807, 2.05) is 30.3 Å². The van der Waals surface area contributed by atoms with Gasteiger partial charge in [-0.1, -0.05) is 24.3 Å². The van der Waals surface area contributed by atoms with E-state index in [1.54, 1.807) is 38.2 Å². The van der Waals surface area contributed by atoms with E-state index in [-0.39, 0.29) is 18.4 Å². The van der Waals surface area contributed by atoms with Gasteiger partial charge in [0.15, 0.2) is 0 Å². The fraction of sp³-hybridized carbons (Fsp3) is 0.222. The number of anilines is 1. The molecule has 2 amide bonds. The lowest BCUT2D eigenvalue weighted by Gasteiger charge is -2.17. The second kappa shape index (κ2) is 7.56. The van der Waals surface area contributed by atoms with Gasteiger partial charge < -0.3 is 15.3 Å². The maximum absolute atomic E-state index is 12.5. The number of nitrogens with one attached hydrogen (secondary N) is 1. The van der Waals surface area contributed by atoms with Gasteiger partial charge in [-0.2, -0.15) is 0 Å². The quantitative estimate of drug-likeness (QED) is 0.888. The molecule has 2 N–H and O–H groups in total. The largest absolute Gasteiger partial charge is 0.392 e. The Morgan fingerprint density at radius 2 is 1.74 bits per heavy atom. The molecule has 2 aromatic rings. The van der Waals surface area contributed by atoms with Crippen molar-refractivity contribution in [3.8, 4) is 0 Å². The Labute approximate surface area is 135 Å². The van der Waals surface area contributed by atoms with Crippen LogP contribution in [0.2, 0.25) is 0 Å². The maximum atomic E-state index is 12.5. The summed E-state index contributed by atoms with van der Waals surface area (Å²) in [5, 5.41) is 11.8. The first-order chi connectivity index (χ1) is 11.0. The van der Waals surface area contributed by atoms with Crippen LogP contribution in [0.25, 0.3) is 0 Å². The van der Waals surface area contributed by atoms with Crippen LogP contribution >= 0.6 is 0 Å². The number of benzene rings is 2. The highest BCUT2D eigenvalue weighted by Gasteiger charge is 2.15. The van der Waals surface area contributed by atoms with Crippen molar-refractivity contribution in [2.45, 2.75) is 13.0 Å². The molecule has 0 aliphatic heterocycles. The van der Waals surface area contributed by atoms with Crippen LogP contribution in [0, 0.1) is 0 Å². The summed E-state index contributed by atoms with van der Waals surface area (Å²) in [5.41, 5.74) is 1.60.